The normalized spacial score (nSPS) is 56.3. The molecule has 0 heterocycles. The van der Waals surface area contributed by atoms with Crippen molar-refractivity contribution in [1.82, 2.24) is 0 Å². The van der Waals surface area contributed by atoms with Crippen molar-refractivity contribution < 1.29 is 4.79 Å². The second-order valence-electron chi connectivity index (χ2n) is 6.09. The zero-order valence-corrected chi connectivity index (χ0v) is 9.31. The van der Waals surface area contributed by atoms with E-state index in [9.17, 15) is 4.79 Å². The van der Waals surface area contributed by atoms with E-state index in [2.05, 4.69) is 13.8 Å². The summed E-state index contributed by atoms with van der Waals surface area (Å²) in [4.78, 5) is 11.9. The van der Waals surface area contributed by atoms with Gasteiger partial charge < -0.3 is 0 Å². The highest BCUT2D eigenvalue weighted by Crippen LogP contribution is 2.75. The van der Waals surface area contributed by atoms with Gasteiger partial charge in [-0.3, -0.25) is 4.79 Å². The van der Waals surface area contributed by atoms with E-state index in [-0.39, 0.29) is 0 Å². The largest absolute Gasteiger partial charge is 0.299 e. The summed E-state index contributed by atoms with van der Waals surface area (Å²) in [5, 5.41) is 0. The predicted molar refractivity (Wildman–Crippen MR) is 55.9 cm³/mol. The highest BCUT2D eigenvalue weighted by molar-refractivity contribution is 5.83. The summed E-state index contributed by atoms with van der Waals surface area (Å²) in [6, 6.07) is 0. The maximum Gasteiger partial charge on any atom is 0.136 e. The molecule has 1 spiro atoms. The molecule has 0 aromatic heterocycles. The monoisotopic (exact) mass is 192 g/mol. The van der Waals surface area contributed by atoms with Crippen LogP contribution in [0.4, 0.5) is 0 Å². The van der Waals surface area contributed by atoms with Gasteiger partial charge in [0.1, 0.15) is 5.78 Å². The van der Waals surface area contributed by atoms with E-state index in [1.165, 1.54) is 25.7 Å². The standard InChI is InChI=1S/C13H20O/c1-9-8-13(9)7-5-10-11(14)4-3-6-12(10,13)2/h9-10H,3-8H2,1-2H3/t9-,10?,12+,13?/m1/s1. The van der Waals surface area contributed by atoms with Crippen LogP contribution in [0, 0.1) is 22.7 Å². The molecule has 0 aliphatic heterocycles. The van der Waals surface area contributed by atoms with Gasteiger partial charge in [0.05, 0.1) is 0 Å². The van der Waals surface area contributed by atoms with E-state index >= 15 is 0 Å². The highest BCUT2D eigenvalue weighted by atomic mass is 16.1. The molecular formula is C13H20O. The molecular weight excluding hydrogens is 172 g/mol. The lowest BCUT2D eigenvalue weighted by Crippen LogP contribution is -2.38. The Morgan fingerprint density at radius 2 is 2.07 bits per heavy atom. The van der Waals surface area contributed by atoms with Crippen molar-refractivity contribution in [2.75, 3.05) is 0 Å². The Morgan fingerprint density at radius 3 is 2.71 bits per heavy atom. The van der Waals surface area contributed by atoms with E-state index in [0.29, 0.717) is 22.5 Å². The first-order chi connectivity index (χ1) is 6.60. The van der Waals surface area contributed by atoms with Crippen LogP contribution in [0.5, 0.6) is 0 Å². The number of carbonyl (C=O) groups is 1. The Labute approximate surface area is 86.3 Å². The first-order valence-electron chi connectivity index (χ1n) is 6.13. The van der Waals surface area contributed by atoms with Gasteiger partial charge in [0, 0.05) is 12.3 Å². The molecule has 0 saturated heterocycles. The Bertz CT molecular complexity index is 296. The van der Waals surface area contributed by atoms with Crippen LogP contribution in [0.1, 0.15) is 52.4 Å². The van der Waals surface area contributed by atoms with Gasteiger partial charge in [-0.05, 0) is 48.9 Å². The lowest BCUT2D eigenvalue weighted by Gasteiger charge is -2.40. The van der Waals surface area contributed by atoms with E-state index in [1.807, 2.05) is 0 Å². The van der Waals surface area contributed by atoms with Crippen molar-refractivity contribution in [1.29, 1.82) is 0 Å². The molecule has 0 aromatic carbocycles. The van der Waals surface area contributed by atoms with Crippen molar-refractivity contribution in [3.05, 3.63) is 0 Å². The SMILES string of the molecule is C[C@@H]1CC12CCC1C(=O)CCC[C@@]12C. The fraction of sp³-hybridized carbons (Fsp3) is 0.923. The molecule has 1 nitrogen and oxygen atoms in total. The van der Waals surface area contributed by atoms with Crippen LogP contribution in [0.25, 0.3) is 0 Å². The average Bonchev–Trinajstić information content (AvgIpc) is 2.67. The van der Waals surface area contributed by atoms with E-state index < -0.39 is 0 Å². The van der Waals surface area contributed by atoms with Crippen LogP contribution in [0.3, 0.4) is 0 Å². The molecule has 4 atom stereocenters. The number of hydrogen-bond donors (Lipinski definition) is 0. The predicted octanol–water partition coefficient (Wildman–Crippen LogP) is 3.18. The summed E-state index contributed by atoms with van der Waals surface area (Å²) in [5.74, 6) is 1.90. The maximum atomic E-state index is 11.9. The van der Waals surface area contributed by atoms with Crippen LogP contribution in [-0.2, 0) is 4.79 Å². The number of carbonyl (C=O) groups excluding carboxylic acids is 1. The van der Waals surface area contributed by atoms with Crippen molar-refractivity contribution in [2.45, 2.75) is 52.4 Å². The summed E-state index contributed by atoms with van der Waals surface area (Å²) >= 11 is 0. The van der Waals surface area contributed by atoms with Gasteiger partial charge >= 0.3 is 0 Å². The Balaban J connectivity index is 1.98. The van der Waals surface area contributed by atoms with Crippen LogP contribution in [0.15, 0.2) is 0 Å². The van der Waals surface area contributed by atoms with E-state index in [4.69, 9.17) is 0 Å². The third-order valence-corrected chi connectivity index (χ3v) is 5.75. The zero-order valence-electron chi connectivity index (χ0n) is 9.31. The molecule has 1 heteroatoms. The molecule has 0 radical (unpaired) electrons. The molecule has 3 saturated carbocycles. The van der Waals surface area contributed by atoms with Crippen molar-refractivity contribution in [3.8, 4) is 0 Å². The summed E-state index contributed by atoms with van der Waals surface area (Å²) in [6.45, 7) is 4.79. The minimum atomic E-state index is 0.391. The Kier molecular flexibility index (Phi) is 1.55. The molecule has 0 N–H and O–H groups in total. The zero-order chi connectivity index (χ0) is 9.97. The topological polar surface area (TPSA) is 17.1 Å². The van der Waals surface area contributed by atoms with Gasteiger partial charge in [0.25, 0.3) is 0 Å². The number of ketones is 1. The smallest absolute Gasteiger partial charge is 0.136 e. The molecule has 3 fully saturated rings. The third-order valence-electron chi connectivity index (χ3n) is 5.75. The number of Topliss-reactive ketones (excluding diaryl/α,β-unsaturated/α-hetero) is 1. The lowest BCUT2D eigenvalue weighted by molar-refractivity contribution is -0.130. The summed E-state index contributed by atoms with van der Waals surface area (Å²) in [5.41, 5.74) is 0.982. The third kappa shape index (κ3) is 0.803. The van der Waals surface area contributed by atoms with Crippen molar-refractivity contribution >= 4 is 5.78 Å². The Hall–Kier alpha value is -0.330. The molecule has 14 heavy (non-hydrogen) atoms. The molecule has 0 amide bonds. The van der Waals surface area contributed by atoms with Gasteiger partial charge in [-0.1, -0.05) is 13.8 Å². The molecule has 3 aliphatic carbocycles. The van der Waals surface area contributed by atoms with Crippen LogP contribution in [0.2, 0.25) is 0 Å². The second kappa shape index (κ2) is 2.43. The highest BCUT2D eigenvalue weighted by Gasteiger charge is 2.68. The second-order valence-corrected chi connectivity index (χ2v) is 6.09. The van der Waals surface area contributed by atoms with Crippen LogP contribution < -0.4 is 0 Å². The summed E-state index contributed by atoms with van der Waals surface area (Å²) in [7, 11) is 0. The molecule has 2 unspecified atom stereocenters. The number of hydrogen-bond acceptors (Lipinski definition) is 1. The van der Waals surface area contributed by atoms with Crippen LogP contribution in [-0.4, -0.2) is 5.78 Å². The van der Waals surface area contributed by atoms with E-state index in [0.717, 1.165) is 18.8 Å². The minimum Gasteiger partial charge on any atom is -0.299 e. The molecule has 78 valence electrons. The molecule has 3 aliphatic rings. The van der Waals surface area contributed by atoms with Crippen LogP contribution >= 0.6 is 0 Å². The lowest BCUT2D eigenvalue weighted by atomic mass is 9.63. The quantitative estimate of drug-likeness (QED) is 0.576. The van der Waals surface area contributed by atoms with Crippen molar-refractivity contribution in [3.63, 3.8) is 0 Å². The fourth-order valence-electron chi connectivity index (χ4n) is 4.73. The fourth-order valence-corrected chi connectivity index (χ4v) is 4.73. The summed E-state index contributed by atoms with van der Waals surface area (Å²) in [6.07, 6.45) is 7.26. The Morgan fingerprint density at radius 1 is 1.36 bits per heavy atom. The van der Waals surface area contributed by atoms with E-state index in [1.54, 1.807) is 0 Å². The van der Waals surface area contributed by atoms with Gasteiger partial charge in [-0.15, -0.1) is 0 Å². The van der Waals surface area contributed by atoms with Gasteiger partial charge in [-0.25, -0.2) is 0 Å². The first-order valence-corrected chi connectivity index (χ1v) is 6.13. The van der Waals surface area contributed by atoms with Gasteiger partial charge in [0.15, 0.2) is 0 Å². The summed E-state index contributed by atoms with van der Waals surface area (Å²) < 4.78 is 0. The van der Waals surface area contributed by atoms with Gasteiger partial charge in [0.2, 0.25) is 0 Å². The van der Waals surface area contributed by atoms with Gasteiger partial charge in [-0.2, -0.15) is 0 Å². The molecule has 0 bridgehead atoms. The molecule has 3 rings (SSSR count). The number of fused-ring (bicyclic) bond motifs is 2. The number of rotatable bonds is 0. The van der Waals surface area contributed by atoms with Crippen molar-refractivity contribution in [2.24, 2.45) is 22.7 Å². The first kappa shape index (κ1) is 8.94. The molecule has 0 aromatic rings. The minimum absolute atomic E-state index is 0.391. The average molecular weight is 192 g/mol. The maximum absolute atomic E-state index is 11.9.